The van der Waals surface area contributed by atoms with E-state index >= 15 is 0 Å². The van der Waals surface area contributed by atoms with Crippen molar-refractivity contribution >= 4 is 35.1 Å². The van der Waals surface area contributed by atoms with Gasteiger partial charge in [0.1, 0.15) is 0 Å². The van der Waals surface area contributed by atoms with Crippen molar-refractivity contribution in [2.45, 2.75) is 19.3 Å². The van der Waals surface area contributed by atoms with Crippen molar-refractivity contribution in [1.82, 2.24) is 19.9 Å². The Bertz CT molecular complexity index is 2450. The maximum absolute atomic E-state index is 5.14. The summed E-state index contributed by atoms with van der Waals surface area (Å²) >= 11 is 0.100. The Morgan fingerprint density at radius 3 is 1.83 bits per heavy atom. The van der Waals surface area contributed by atoms with Gasteiger partial charge in [-0.05, 0) is 0 Å². The monoisotopic (exact) mass is 656 g/mol. The van der Waals surface area contributed by atoms with Gasteiger partial charge in [0.15, 0.2) is 0 Å². The molecular weight excluding hydrogens is 627 g/mol. The molecule has 0 fully saturated rings. The molecule has 5 heteroatoms. The van der Waals surface area contributed by atoms with Gasteiger partial charge in [-0.25, -0.2) is 0 Å². The van der Waals surface area contributed by atoms with Crippen LogP contribution in [0.1, 0.15) is 25.0 Å². The predicted molar refractivity (Wildman–Crippen MR) is 189 cm³/mol. The first-order chi connectivity index (χ1) is 22.5. The maximum atomic E-state index is 5.14. The second-order valence-corrected chi connectivity index (χ2v) is 14.4. The topological polar surface area (TPSA) is 51.6 Å². The summed E-state index contributed by atoms with van der Waals surface area (Å²) in [7, 11) is 0. The van der Waals surface area contributed by atoms with Gasteiger partial charge >= 0.3 is 250 Å². The average molecular weight is 656 g/mol. The van der Waals surface area contributed by atoms with Crippen LogP contribution >= 0.6 is 0 Å². The van der Waals surface area contributed by atoms with Crippen molar-refractivity contribution in [2.75, 3.05) is 0 Å². The fraction of sp³-hybridized carbons (Fsp3) is 0.0732. The Kier molecular flexibility index (Phi) is 6.14. The Balaban J connectivity index is 1.21. The molecule has 1 aliphatic rings. The number of hydrogen-bond donors (Lipinski definition) is 0. The van der Waals surface area contributed by atoms with Crippen LogP contribution in [-0.4, -0.2) is 34.4 Å². The molecule has 0 saturated heterocycles. The molecule has 1 aliphatic carbocycles. The zero-order chi connectivity index (χ0) is 30.8. The predicted octanol–water partition coefficient (Wildman–Crippen LogP) is 9.60. The van der Waals surface area contributed by atoms with Crippen LogP contribution in [0.4, 0.5) is 0 Å². The number of nitrogens with zero attached hydrogens (tertiary/aromatic N) is 4. The Hall–Kier alpha value is -5.22. The van der Waals surface area contributed by atoms with E-state index in [-0.39, 0.29) is 19.9 Å². The minimum atomic E-state index is -0.110. The first-order valence-corrected chi connectivity index (χ1v) is 17.2. The molecule has 0 amide bonds. The number of hydrogen-bond acceptors (Lipinski definition) is 4. The van der Waals surface area contributed by atoms with E-state index in [9.17, 15) is 0 Å². The quantitative estimate of drug-likeness (QED) is 0.177. The van der Waals surface area contributed by atoms with Gasteiger partial charge in [-0.15, -0.1) is 0 Å². The molecule has 4 nitrogen and oxygen atoms in total. The van der Waals surface area contributed by atoms with E-state index in [1.807, 2.05) is 18.2 Å². The van der Waals surface area contributed by atoms with Crippen molar-refractivity contribution in [1.29, 1.82) is 0 Å². The molecule has 2 aromatic heterocycles. The summed E-state index contributed by atoms with van der Waals surface area (Å²) in [5.74, 6) is 2.01. The Morgan fingerprint density at radius 1 is 0.478 bits per heavy atom. The number of fused-ring (bicyclic) bond motifs is 6. The van der Waals surface area contributed by atoms with Crippen molar-refractivity contribution in [2.24, 2.45) is 0 Å². The van der Waals surface area contributed by atoms with Gasteiger partial charge in [-0.1, -0.05) is 24.3 Å². The van der Waals surface area contributed by atoms with Gasteiger partial charge in [0.05, 0.1) is 0 Å². The summed E-state index contributed by atoms with van der Waals surface area (Å²) in [6, 6.07) is 47.0. The molecule has 0 saturated carbocycles. The summed E-state index contributed by atoms with van der Waals surface area (Å²) in [4.78, 5) is 20.3. The van der Waals surface area contributed by atoms with E-state index in [4.69, 9.17) is 19.9 Å². The molecule has 0 atom stereocenters. The SMILES string of the molecule is CC1(C)c2ccccc2-c2ccc(-c3nc(-c4ccccc4)nc(-c4ccc5ccc6nc(-c7ccccc7)[se]c6c5c4)n3)cc21. The van der Waals surface area contributed by atoms with Crippen molar-refractivity contribution in [3.8, 4) is 55.4 Å². The van der Waals surface area contributed by atoms with Gasteiger partial charge in [-0.3, -0.25) is 0 Å². The van der Waals surface area contributed by atoms with Crippen LogP contribution < -0.4 is 0 Å². The zero-order valence-electron chi connectivity index (χ0n) is 25.4. The average Bonchev–Trinajstić information content (AvgIpc) is 3.66. The van der Waals surface area contributed by atoms with E-state index < -0.39 is 0 Å². The van der Waals surface area contributed by atoms with Crippen molar-refractivity contribution < 1.29 is 0 Å². The molecule has 0 unspecified atom stereocenters. The molecule has 218 valence electrons. The van der Waals surface area contributed by atoms with Gasteiger partial charge in [-0.2, -0.15) is 0 Å². The van der Waals surface area contributed by atoms with E-state index in [0.717, 1.165) is 26.8 Å². The van der Waals surface area contributed by atoms with Crippen LogP contribution in [0, 0.1) is 0 Å². The molecule has 9 rings (SSSR count). The van der Waals surface area contributed by atoms with Gasteiger partial charge in [0.25, 0.3) is 0 Å². The van der Waals surface area contributed by atoms with E-state index in [0.29, 0.717) is 17.5 Å². The fourth-order valence-corrected chi connectivity index (χ4v) is 9.04. The number of rotatable bonds is 4. The van der Waals surface area contributed by atoms with Gasteiger partial charge in [0.2, 0.25) is 0 Å². The molecule has 2 heterocycles. The molecule has 46 heavy (non-hydrogen) atoms. The normalized spacial score (nSPS) is 13.2. The Morgan fingerprint density at radius 2 is 1.07 bits per heavy atom. The van der Waals surface area contributed by atoms with Crippen LogP contribution in [0.3, 0.4) is 0 Å². The second-order valence-electron chi connectivity index (χ2n) is 12.3. The Labute approximate surface area is 273 Å². The third-order valence-corrected chi connectivity index (χ3v) is 11.6. The molecule has 0 spiro atoms. The molecule has 6 aromatic carbocycles. The fourth-order valence-electron chi connectivity index (χ4n) is 6.74. The van der Waals surface area contributed by atoms with Crippen LogP contribution in [0.25, 0.3) is 76.0 Å². The minimum absolute atomic E-state index is 0.100. The first kappa shape index (κ1) is 27.1. The van der Waals surface area contributed by atoms with Crippen molar-refractivity contribution in [3.05, 3.63) is 145 Å². The summed E-state index contributed by atoms with van der Waals surface area (Å²) in [5.41, 5.74) is 10.3. The van der Waals surface area contributed by atoms with Crippen LogP contribution in [0.2, 0.25) is 0 Å². The second kappa shape index (κ2) is 10.4. The van der Waals surface area contributed by atoms with E-state index in [1.165, 1.54) is 42.8 Å². The molecular formula is C41H28N4Se. The van der Waals surface area contributed by atoms with Crippen LogP contribution in [0.15, 0.2) is 133 Å². The third kappa shape index (κ3) is 4.35. The number of benzene rings is 6. The molecule has 8 aromatic rings. The number of aromatic nitrogens is 4. The molecule has 0 aliphatic heterocycles. The standard InChI is InChI=1S/C41H28N4Se/c1-41(2)33-16-10-9-15-30(33)31-21-19-29(24-34(31)41)39-44-37(26-11-5-3-6-12-26)43-38(45-39)28-18-17-25-20-22-35-36(32(25)23-28)46-40(42-35)27-13-7-4-8-14-27/h3-24H,1-2H3. The summed E-state index contributed by atoms with van der Waals surface area (Å²) in [6.07, 6.45) is 0. The molecule has 0 N–H and O–H groups in total. The van der Waals surface area contributed by atoms with Gasteiger partial charge in [0, 0.05) is 0 Å². The van der Waals surface area contributed by atoms with Crippen LogP contribution in [0.5, 0.6) is 0 Å². The van der Waals surface area contributed by atoms with Crippen LogP contribution in [-0.2, 0) is 5.41 Å². The summed E-state index contributed by atoms with van der Waals surface area (Å²) < 4.78 is 2.47. The van der Waals surface area contributed by atoms with E-state index in [1.54, 1.807) is 0 Å². The zero-order valence-corrected chi connectivity index (χ0v) is 27.1. The summed E-state index contributed by atoms with van der Waals surface area (Å²) in [5, 5.41) is 2.41. The third-order valence-electron chi connectivity index (χ3n) is 9.16. The summed E-state index contributed by atoms with van der Waals surface area (Å²) in [6.45, 7) is 4.61. The molecule has 0 bridgehead atoms. The van der Waals surface area contributed by atoms with E-state index in [2.05, 4.69) is 129 Å². The molecule has 0 radical (unpaired) electrons. The van der Waals surface area contributed by atoms with Gasteiger partial charge < -0.3 is 0 Å². The van der Waals surface area contributed by atoms with Crippen molar-refractivity contribution in [3.63, 3.8) is 0 Å². The first-order valence-electron chi connectivity index (χ1n) is 15.5.